The number of aryl methyl sites for hydroxylation is 1. The van der Waals surface area contributed by atoms with Gasteiger partial charge in [-0.3, -0.25) is 9.69 Å². The molecule has 2 aromatic carbocycles. The summed E-state index contributed by atoms with van der Waals surface area (Å²) in [6, 6.07) is 13.3. The molecule has 0 fully saturated rings. The molecule has 0 aliphatic rings. The first-order valence-corrected chi connectivity index (χ1v) is 7.68. The molecule has 1 N–H and O–H groups in total. The van der Waals surface area contributed by atoms with Gasteiger partial charge in [-0.05, 0) is 37.7 Å². The van der Waals surface area contributed by atoms with Crippen molar-refractivity contribution in [3.63, 3.8) is 0 Å². The molecule has 3 nitrogen and oxygen atoms in total. The lowest BCUT2D eigenvalue weighted by Crippen LogP contribution is -2.29. The van der Waals surface area contributed by atoms with Gasteiger partial charge in [0.05, 0.1) is 17.3 Å². The molecule has 0 radical (unpaired) electrons. The molecular weight excluding hydrogens is 319 g/mol. The van der Waals surface area contributed by atoms with E-state index < -0.39 is 0 Å². The fraction of sp³-hybridized carbons (Fsp3) is 0.235. The van der Waals surface area contributed by atoms with Gasteiger partial charge in [0.1, 0.15) is 0 Å². The number of rotatable bonds is 5. The fourth-order valence-corrected chi connectivity index (χ4v) is 2.54. The van der Waals surface area contributed by atoms with E-state index in [9.17, 15) is 4.79 Å². The van der Waals surface area contributed by atoms with Crippen LogP contribution in [-0.2, 0) is 11.3 Å². The molecule has 0 saturated carbocycles. The van der Waals surface area contributed by atoms with E-state index in [-0.39, 0.29) is 12.5 Å². The van der Waals surface area contributed by atoms with Gasteiger partial charge in [0.2, 0.25) is 5.91 Å². The summed E-state index contributed by atoms with van der Waals surface area (Å²) in [6.07, 6.45) is 0. The van der Waals surface area contributed by atoms with E-state index in [1.54, 1.807) is 18.2 Å². The lowest BCUT2D eigenvalue weighted by Gasteiger charge is -2.17. The van der Waals surface area contributed by atoms with E-state index >= 15 is 0 Å². The van der Waals surface area contributed by atoms with E-state index in [2.05, 4.69) is 36.5 Å². The van der Waals surface area contributed by atoms with E-state index in [1.165, 1.54) is 11.1 Å². The molecule has 0 bridgehead atoms. The third kappa shape index (κ3) is 5.02. The van der Waals surface area contributed by atoms with Crippen LogP contribution < -0.4 is 5.32 Å². The summed E-state index contributed by atoms with van der Waals surface area (Å²) >= 11 is 11.9. The maximum absolute atomic E-state index is 12.1. The highest BCUT2D eigenvalue weighted by atomic mass is 35.5. The Morgan fingerprint density at radius 3 is 2.45 bits per heavy atom. The molecule has 0 spiro atoms. The predicted molar refractivity (Wildman–Crippen MR) is 92.6 cm³/mol. The normalized spacial score (nSPS) is 10.8. The number of carbonyl (C=O) groups is 1. The van der Waals surface area contributed by atoms with Gasteiger partial charge < -0.3 is 5.32 Å². The van der Waals surface area contributed by atoms with Gasteiger partial charge in [0, 0.05) is 11.6 Å². The molecular formula is C17H18Cl2N2O. The average Bonchev–Trinajstić information content (AvgIpc) is 2.44. The summed E-state index contributed by atoms with van der Waals surface area (Å²) in [4.78, 5) is 14.0. The Kier molecular flexibility index (Phi) is 5.83. The van der Waals surface area contributed by atoms with E-state index in [0.717, 1.165) is 0 Å². The highest BCUT2D eigenvalue weighted by molar-refractivity contribution is 6.36. The molecule has 0 saturated heterocycles. The Morgan fingerprint density at radius 2 is 1.82 bits per heavy atom. The van der Waals surface area contributed by atoms with Crippen molar-refractivity contribution in [1.82, 2.24) is 4.90 Å². The Hall–Kier alpha value is -1.55. The van der Waals surface area contributed by atoms with Crippen LogP contribution in [0, 0.1) is 6.92 Å². The van der Waals surface area contributed by atoms with Gasteiger partial charge in [0.25, 0.3) is 0 Å². The summed E-state index contributed by atoms with van der Waals surface area (Å²) < 4.78 is 0. The molecule has 1 amide bonds. The quantitative estimate of drug-likeness (QED) is 0.879. The summed E-state index contributed by atoms with van der Waals surface area (Å²) in [6.45, 7) is 3.05. The molecule has 0 atom stereocenters. The van der Waals surface area contributed by atoms with Crippen molar-refractivity contribution in [2.45, 2.75) is 13.5 Å². The van der Waals surface area contributed by atoms with Crippen molar-refractivity contribution in [2.24, 2.45) is 0 Å². The minimum absolute atomic E-state index is 0.112. The Bertz CT molecular complexity index is 656. The van der Waals surface area contributed by atoms with Crippen molar-refractivity contribution >= 4 is 34.8 Å². The lowest BCUT2D eigenvalue weighted by molar-refractivity contribution is -0.117. The second kappa shape index (κ2) is 7.63. The SMILES string of the molecule is Cc1ccc(CN(C)CC(=O)Nc2ccc(Cl)cc2Cl)cc1. The summed E-state index contributed by atoms with van der Waals surface area (Å²) in [5.41, 5.74) is 2.96. The van der Waals surface area contributed by atoms with Crippen LogP contribution in [0.4, 0.5) is 5.69 Å². The molecule has 5 heteroatoms. The smallest absolute Gasteiger partial charge is 0.238 e. The van der Waals surface area contributed by atoms with Gasteiger partial charge in [-0.15, -0.1) is 0 Å². The first-order chi connectivity index (χ1) is 10.4. The van der Waals surface area contributed by atoms with Crippen LogP contribution in [0.1, 0.15) is 11.1 Å². The Morgan fingerprint density at radius 1 is 1.14 bits per heavy atom. The van der Waals surface area contributed by atoms with Gasteiger partial charge >= 0.3 is 0 Å². The van der Waals surface area contributed by atoms with Crippen LogP contribution in [0.25, 0.3) is 0 Å². The van der Waals surface area contributed by atoms with Gasteiger partial charge in [0.15, 0.2) is 0 Å². The van der Waals surface area contributed by atoms with E-state index in [0.29, 0.717) is 22.3 Å². The second-order valence-electron chi connectivity index (χ2n) is 5.33. The topological polar surface area (TPSA) is 32.3 Å². The molecule has 0 unspecified atom stereocenters. The van der Waals surface area contributed by atoms with Crippen LogP contribution in [0.5, 0.6) is 0 Å². The molecule has 22 heavy (non-hydrogen) atoms. The minimum Gasteiger partial charge on any atom is -0.324 e. The number of benzene rings is 2. The number of halogens is 2. The molecule has 0 aliphatic carbocycles. The average molecular weight is 337 g/mol. The highest BCUT2D eigenvalue weighted by Crippen LogP contribution is 2.25. The lowest BCUT2D eigenvalue weighted by atomic mass is 10.1. The van der Waals surface area contributed by atoms with Crippen molar-refractivity contribution in [3.8, 4) is 0 Å². The van der Waals surface area contributed by atoms with Crippen molar-refractivity contribution in [1.29, 1.82) is 0 Å². The van der Waals surface area contributed by atoms with Gasteiger partial charge in [-0.1, -0.05) is 53.0 Å². The minimum atomic E-state index is -0.112. The first-order valence-electron chi connectivity index (χ1n) is 6.93. The number of nitrogens with zero attached hydrogens (tertiary/aromatic N) is 1. The zero-order valence-electron chi connectivity index (χ0n) is 12.6. The van der Waals surface area contributed by atoms with Crippen molar-refractivity contribution in [3.05, 3.63) is 63.6 Å². The fourth-order valence-electron chi connectivity index (χ4n) is 2.09. The van der Waals surface area contributed by atoms with Gasteiger partial charge in [-0.25, -0.2) is 0 Å². The molecule has 0 heterocycles. The number of anilines is 1. The molecule has 116 valence electrons. The van der Waals surface area contributed by atoms with E-state index in [1.807, 2.05) is 11.9 Å². The zero-order chi connectivity index (χ0) is 16.1. The number of likely N-dealkylation sites (N-methyl/N-ethyl adjacent to an activating group) is 1. The van der Waals surface area contributed by atoms with E-state index in [4.69, 9.17) is 23.2 Å². The summed E-state index contributed by atoms with van der Waals surface area (Å²) in [5.74, 6) is -0.112. The van der Waals surface area contributed by atoms with Crippen LogP contribution in [0.2, 0.25) is 10.0 Å². The monoisotopic (exact) mass is 336 g/mol. The van der Waals surface area contributed by atoms with Crippen LogP contribution in [0.3, 0.4) is 0 Å². The van der Waals surface area contributed by atoms with Crippen LogP contribution >= 0.6 is 23.2 Å². The van der Waals surface area contributed by atoms with Crippen molar-refractivity contribution < 1.29 is 4.79 Å². The standard InChI is InChI=1S/C17H18Cl2N2O/c1-12-3-5-13(6-4-12)10-21(2)11-17(22)20-16-8-7-14(18)9-15(16)19/h3-9H,10-11H2,1-2H3,(H,20,22). The molecule has 0 aromatic heterocycles. The number of amides is 1. The van der Waals surface area contributed by atoms with Crippen LogP contribution in [-0.4, -0.2) is 24.4 Å². The number of carbonyl (C=O) groups excluding carboxylic acids is 1. The summed E-state index contributed by atoms with van der Waals surface area (Å²) in [5, 5.41) is 3.77. The Balaban J connectivity index is 1.89. The highest BCUT2D eigenvalue weighted by Gasteiger charge is 2.09. The maximum Gasteiger partial charge on any atom is 0.238 e. The third-order valence-electron chi connectivity index (χ3n) is 3.19. The second-order valence-corrected chi connectivity index (χ2v) is 6.17. The molecule has 2 aromatic rings. The van der Waals surface area contributed by atoms with Gasteiger partial charge in [-0.2, -0.15) is 0 Å². The summed E-state index contributed by atoms with van der Waals surface area (Å²) in [7, 11) is 1.91. The predicted octanol–water partition coefficient (Wildman–Crippen LogP) is 4.37. The molecule has 0 aliphatic heterocycles. The maximum atomic E-state index is 12.1. The van der Waals surface area contributed by atoms with Crippen molar-refractivity contribution in [2.75, 3.05) is 18.9 Å². The van der Waals surface area contributed by atoms with Crippen LogP contribution in [0.15, 0.2) is 42.5 Å². The largest absolute Gasteiger partial charge is 0.324 e. The first kappa shape index (κ1) is 16.8. The zero-order valence-corrected chi connectivity index (χ0v) is 14.1. The Labute approximate surface area is 140 Å². The number of nitrogens with one attached hydrogen (secondary N) is 1. The third-order valence-corrected chi connectivity index (χ3v) is 3.74. The number of hydrogen-bond acceptors (Lipinski definition) is 2. The number of hydrogen-bond donors (Lipinski definition) is 1. The molecule has 2 rings (SSSR count).